The van der Waals surface area contributed by atoms with Crippen molar-refractivity contribution >= 4 is 39.5 Å². The molecule has 0 rings (SSSR count). The maximum Gasteiger partial charge on any atom is 0.472 e. The van der Waals surface area contributed by atoms with Gasteiger partial charge in [-0.05, 0) is 31.6 Å². The highest BCUT2D eigenvalue weighted by Crippen LogP contribution is 2.45. The third kappa shape index (κ3) is 78.2. The Bertz CT molecular complexity index is 1980. The molecule has 0 fully saturated rings. The second-order valence-electron chi connectivity index (χ2n) is 31.1. The van der Waals surface area contributed by atoms with Gasteiger partial charge in [0.15, 0.2) is 12.2 Å². The van der Waals surface area contributed by atoms with Crippen molar-refractivity contribution in [3.63, 3.8) is 0 Å². The summed E-state index contributed by atoms with van der Waals surface area (Å²) in [6, 6.07) is 0. The predicted octanol–water partition coefficient (Wildman–Crippen LogP) is 26.0. The predicted molar refractivity (Wildman–Crippen MR) is 428 cm³/mol. The number of rotatable bonds is 85. The van der Waals surface area contributed by atoms with Crippen LogP contribution in [0, 0.1) is 5.92 Å². The van der Waals surface area contributed by atoms with E-state index in [0.29, 0.717) is 25.7 Å². The molecule has 0 amide bonds. The van der Waals surface area contributed by atoms with E-state index in [2.05, 4.69) is 34.6 Å². The molecule has 3 N–H and O–H groups in total. The van der Waals surface area contributed by atoms with Crippen LogP contribution >= 0.6 is 15.6 Å². The lowest BCUT2D eigenvalue weighted by Crippen LogP contribution is -2.30. The number of esters is 4. The van der Waals surface area contributed by atoms with Crippen LogP contribution in [0.25, 0.3) is 0 Å². The van der Waals surface area contributed by atoms with Gasteiger partial charge in [0.1, 0.15) is 19.3 Å². The minimum absolute atomic E-state index is 0.108. The summed E-state index contributed by atoms with van der Waals surface area (Å²) in [6.45, 7) is 7.36. The van der Waals surface area contributed by atoms with Crippen molar-refractivity contribution in [2.24, 2.45) is 5.92 Å². The molecule has 0 aromatic carbocycles. The van der Waals surface area contributed by atoms with E-state index >= 15 is 0 Å². The minimum atomic E-state index is -4.96. The molecule has 0 radical (unpaired) electrons. The lowest BCUT2D eigenvalue weighted by molar-refractivity contribution is -0.161. The van der Waals surface area contributed by atoms with Crippen molar-refractivity contribution in [1.29, 1.82) is 0 Å². The summed E-state index contributed by atoms with van der Waals surface area (Å²) < 4.78 is 68.8. The van der Waals surface area contributed by atoms with Gasteiger partial charge in [-0.2, -0.15) is 0 Å². The van der Waals surface area contributed by atoms with E-state index in [-0.39, 0.29) is 25.7 Å². The van der Waals surface area contributed by atoms with Crippen LogP contribution < -0.4 is 0 Å². The number of carbonyl (C=O) groups excluding carboxylic acids is 4. The molecule has 0 aromatic heterocycles. The van der Waals surface area contributed by atoms with Crippen LogP contribution in [-0.4, -0.2) is 96.7 Å². The van der Waals surface area contributed by atoms with E-state index in [4.69, 9.17) is 37.0 Å². The number of phosphoric acid groups is 2. The Morgan fingerprint density at radius 3 is 0.654 bits per heavy atom. The fourth-order valence-corrected chi connectivity index (χ4v) is 14.9. The smallest absolute Gasteiger partial charge is 0.462 e. The molecule has 5 atom stereocenters. The highest BCUT2D eigenvalue weighted by molar-refractivity contribution is 7.47. The summed E-state index contributed by atoms with van der Waals surface area (Å²) in [5.41, 5.74) is 0. The summed E-state index contributed by atoms with van der Waals surface area (Å²) in [5.74, 6) is -1.32. The van der Waals surface area contributed by atoms with E-state index in [1.807, 2.05) is 0 Å². The van der Waals surface area contributed by atoms with Crippen molar-refractivity contribution in [2.45, 2.75) is 477 Å². The normalized spacial score (nSPS) is 13.8. The van der Waals surface area contributed by atoms with E-state index in [1.54, 1.807) is 0 Å². The third-order valence-corrected chi connectivity index (χ3v) is 21.9. The average molecular weight is 1520 g/mol. The number of phosphoric ester groups is 2. The van der Waals surface area contributed by atoms with Crippen molar-refractivity contribution < 1.29 is 80.2 Å². The highest BCUT2D eigenvalue weighted by atomic mass is 31.2. The fraction of sp³-hybridized carbons (Fsp3) is 0.953. The fourth-order valence-electron chi connectivity index (χ4n) is 13.3. The van der Waals surface area contributed by atoms with Crippen LogP contribution in [-0.2, 0) is 65.4 Å². The molecule has 0 bridgehead atoms. The van der Waals surface area contributed by atoms with Gasteiger partial charge in [-0.1, -0.05) is 407 Å². The molecular formula is C85H166O17P2. The molecule has 0 saturated heterocycles. The van der Waals surface area contributed by atoms with Crippen LogP contribution in [0.4, 0.5) is 0 Å². The van der Waals surface area contributed by atoms with Gasteiger partial charge in [0, 0.05) is 25.7 Å². The minimum Gasteiger partial charge on any atom is -0.462 e. The average Bonchev–Trinajstić information content (AvgIpc) is 0.906. The molecule has 0 spiro atoms. The zero-order chi connectivity index (χ0) is 76.2. The molecule has 2 unspecified atom stereocenters. The Balaban J connectivity index is 5.20. The lowest BCUT2D eigenvalue weighted by Gasteiger charge is -2.21. The first-order valence-corrected chi connectivity index (χ1v) is 47.1. The first-order chi connectivity index (χ1) is 50.5. The number of aliphatic hydroxyl groups is 1. The molecular weight excluding hydrogens is 1350 g/mol. The van der Waals surface area contributed by atoms with Gasteiger partial charge in [0.25, 0.3) is 0 Å². The topological polar surface area (TPSA) is 237 Å². The number of aliphatic hydroxyl groups excluding tert-OH is 1. The number of ether oxygens (including phenoxy) is 4. The summed E-state index contributed by atoms with van der Waals surface area (Å²) in [6.07, 6.45) is 70.9. The zero-order valence-electron chi connectivity index (χ0n) is 68.2. The number of hydrogen-bond acceptors (Lipinski definition) is 15. The van der Waals surface area contributed by atoms with Crippen molar-refractivity contribution in [3.05, 3.63) is 0 Å². The molecule has 17 nitrogen and oxygen atoms in total. The zero-order valence-corrected chi connectivity index (χ0v) is 70.0. The van der Waals surface area contributed by atoms with Gasteiger partial charge < -0.3 is 33.8 Å². The monoisotopic (exact) mass is 1520 g/mol. The molecule has 0 aliphatic rings. The molecule has 618 valence electrons. The van der Waals surface area contributed by atoms with Crippen molar-refractivity contribution in [3.8, 4) is 0 Å². The van der Waals surface area contributed by atoms with Crippen LogP contribution in [0.5, 0.6) is 0 Å². The molecule has 19 heteroatoms. The summed E-state index contributed by atoms with van der Waals surface area (Å²) >= 11 is 0. The van der Waals surface area contributed by atoms with Crippen LogP contribution in [0.1, 0.15) is 458 Å². The lowest BCUT2D eigenvalue weighted by atomic mass is 10.0. The van der Waals surface area contributed by atoms with E-state index < -0.39 is 97.5 Å². The Hall–Kier alpha value is -1.94. The molecule has 0 heterocycles. The van der Waals surface area contributed by atoms with Crippen molar-refractivity contribution in [2.75, 3.05) is 39.6 Å². The van der Waals surface area contributed by atoms with E-state index in [0.717, 1.165) is 95.8 Å². The standard InChI is InChI=1S/C85H166O17P2/c1-6-9-12-15-18-21-23-25-27-29-31-32-33-35-37-41-45-50-55-60-65-70-84(89)102-81(75-96-83(88)69-64-59-54-49-44-40-36-34-30-28-26-24-22-19-16-13-10-7-2)77-100-104(93,94)98-73-79(86)72-97-103(91,92)99-76-80(74-95-82(87)68-63-58-53-47-20-17-14-11-8-3)101-85(90)71-66-61-56-51-46-42-38-39-43-48-52-57-62-67-78(4)5/h78-81,86H,6-77H2,1-5H3,(H,91,92)(H,93,94)/t79-,80+,81+/m0/s1. The summed E-state index contributed by atoms with van der Waals surface area (Å²) in [4.78, 5) is 73.1. The first-order valence-electron chi connectivity index (χ1n) is 44.1. The van der Waals surface area contributed by atoms with Gasteiger partial charge in [0.05, 0.1) is 26.4 Å². The van der Waals surface area contributed by atoms with Gasteiger partial charge in [0.2, 0.25) is 0 Å². The quantitative estimate of drug-likeness (QED) is 0.0222. The van der Waals surface area contributed by atoms with Gasteiger partial charge in [-0.25, -0.2) is 9.13 Å². The summed E-state index contributed by atoms with van der Waals surface area (Å²) in [7, 11) is -9.92. The molecule has 0 saturated carbocycles. The number of hydrogen-bond donors (Lipinski definition) is 3. The first kappa shape index (κ1) is 102. The molecule has 0 aliphatic heterocycles. The highest BCUT2D eigenvalue weighted by Gasteiger charge is 2.30. The summed E-state index contributed by atoms with van der Waals surface area (Å²) in [5, 5.41) is 10.7. The van der Waals surface area contributed by atoms with E-state index in [9.17, 15) is 43.2 Å². The Labute approximate surface area is 638 Å². The molecule has 0 aromatic rings. The Morgan fingerprint density at radius 2 is 0.442 bits per heavy atom. The number of unbranched alkanes of at least 4 members (excludes halogenated alkanes) is 57. The second kappa shape index (κ2) is 77.8. The molecule has 104 heavy (non-hydrogen) atoms. The van der Waals surface area contributed by atoms with E-state index in [1.165, 1.54) is 283 Å². The van der Waals surface area contributed by atoms with Gasteiger partial charge in [-0.15, -0.1) is 0 Å². The van der Waals surface area contributed by atoms with Crippen LogP contribution in [0.3, 0.4) is 0 Å². The molecule has 0 aliphatic carbocycles. The Kier molecular flexibility index (Phi) is 76.3. The van der Waals surface area contributed by atoms with Crippen LogP contribution in [0.2, 0.25) is 0 Å². The maximum atomic E-state index is 13.1. The van der Waals surface area contributed by atoms with Gasteiger partial charge >= 0.3 is 39.5 Å². The Morgan fingerprint density at radius 1 is 0.260 bits per heavy atom. The second-order valence-corrected chi connectivity index (χ2v) is 34.0. The maximum absolute atomic E-state index is 13.1. The van der Waals surface area contributed by atoms with Crippen LogP contribution in [0.15, 0.2) is 0 Å². The number of carbonyl (C=O) groups is 4. The van der Waals surface area contributed by atoms with Gasteiger partial charge in [-0.3, -0.25) is 37.3 Å². The third-order valence-electron chi connectivity index (χ3n) is 20.0. The SMILES string of the molecule is CCCCCCCCCCCCCCCCCCCCCCCC(=O)O[C@H](COC(=O)CCCCCCCCCCCCCCCCCCCC)COP(=O)(O)OC[C@@H](O)COP(=O)(O)OC[C@@H](COC(=O)CCCCCCCCCCC)OC(=O)CCCCCCCCCCCCCCCC(C)C. The largest absolute Gasteiger partial charge is 0.472 e. The van der Waals surface area contributed by atoms with Crippen molar-refractivity contribution in [1.82, 2.24) is 0 Å².